The van der Waals surface area contributed by atoms with E-state index in [0.717, 1.165) is 11.1 Å². The first kappa shape index (κ1) is 20.5. The van der Waals surface area contributed by atoms with Gasteiger partial charge < -0.3 is 15.0 Å². The van der Waals surface area contributed by atoms with Crippen molar-refractivity contribution >= 4 is 35.0 Å². The number of fused-ring (bicyclic) bond motifs is 1. The molecule has 0 saturated heterocycles. The van der Waals surface area contributed by atoms with Gasteiger partial charge in [0.1, 0.15) is 0 Å². The van der Waals surface area contributed by atoms with Crippen molar-refractivity contribution in [2.45, 2.75) is 26.4 Å². The SMILES string of the molecule is COC(=O)c1ccc2c(=O)n(CCC(=O)NCc3ccc(C)cc3)c(=S)[nH]c2c1. The molecule has 0 aliphatic carbocycles. The maximum Gasteiger partial charge on any atom is 0.337 e. The molecule has 8 heteroatoms. The van der Waals surface area contributed by atoms with E-state index in [4.69, 9.17) is 12.2 Å². The normalized spacial score (nSPS) is 10.7. The zero-order chi connectivity index (χ0) is 21.0. The number of carbonyl (C=O) groups excluding carboxylic acids is 2. The van der Waals surface area contributed by atoms with Crippen molar-refractivity contribution in [3.8, 4) is 0 Å². The second kappa shape index (κ2) is 8.83. The maximum absolute atomic E-state index is 12.8. The van der Waals surface area contributed by atoms with Gasteiger partial charge in [0.25, 0.3) is 5.56 Å². The van der Waals surface area contributed by atoms with E-state index in [2.05, 4.69) is 15.0 Å². The first-order valence-electron chi connectivity index (χ1n) is 9.06. The van der Waals surface area contributed by atoms with Gasteiger partial charge in [-0.05, 0) is 42.9 Å². The van der Waals surface area contributed by atoms with Crippen LogP contribution in [0.4, 0.5) is 0 Å². The molecule has 2 aromatic carbocycles. The van der Waals surface area contributed by atoms with Crippen LogP contribution in [-0.4, -0.2) is 28.5 Å². The lowest BCUT2D eigenvalue weighted by Crippen LogP contribution is -2.28. The standard InChI is InChI=1S/C21H21N3O4S/c1-13-3-5-14(6-4-13)12-22-18(25)9-10-24-19(26)16-8-7-15(20(27)28-2)11-17(16)23-21(24)29/h3-8,11H,9-10,12H2,1-2H3,(H,22,25)(H,23,29). The van der Waals surface area contributed by atoms with Crippen LogP contribution in [0.15, 0.2) is 47.3 Å². The monoisotopic (exact) mass is 411 g/mol. The lowest BCUT2D eigenvalue weighted by Gasteiger charge is -2.10. The number of hydrogen-bond acceptors (Lipinski definition) is 5. The van der Waals surface area contributed by atoms with Gasteiger partial charge in [-0.15, -0.1) is 0 Å². The smallest absolute Gasteiger partial charge is 0.337 e. The van der Waals surface area contributed by atoms with Gasteiger partial charge in [-0.25, -0.2) is 4.79 Å². The molecule has 1 heterocycles. The first-order valence-corrected chi connectivity index (χ1v) is 9.47. The van der Waals surface area contributed by atoms with Crippen molar-refractivity contribution < 1.29 is 14.3 Å². The molecule has 0 aliphatic rings. The van der Waals surface area contributed by atoms with Crippen molar-refractivity contribution in [2.24, 2.45) is 0 Å². The van der Waals surface area contributed by atoms with E-state index >= 15 is 0 Å². The Kier molecular flexibility index (Phi) is 6.23. The van der Waals surface area contributed by atoms with Crippen LogP contribution in [0.1, 0.15) is 27.9 Å². The van der Waals surface area contributed by atoms with Crippen LogP contribution in [0.2, 0.25) is 0 Å². The average Bonchev–Trinajstić information content (AvgIpc) is 2.72. The molecule has 0 atom stereocenters. The summed E-state index contributed by atoms with van der Waals surface area (Å²) < 4.78 is 6.23. The zero-order valence-corrected chi connectivity index (χ0v) is 17.0. The molecule has 0 saturated carbocycles. The Balaban J connectivity index is 1.71. The van der Waals surface area contributed by atoms with Crippen molar-refractivity contribution in [1.29, 1.82) is 0 Å². The molecule has 3 rings (SSSR count). The molecule has 7 nitrogen and oxygen atoms in total. The average molecular weight is 411 g/mol. The van der Waals surface area contributed by atoms with Crippen LogP contribution in [0.3, 0.4) is 0 Å². The number of H-pyrrole nitrogens is 1. The number of amides is 1. The fraction of sp³-hybridized carbons (Fsp3) is 0.238. The minimum Gasteiger partial charge on any atom is -0.465 e. The van der Waals surface area contributed by atoms with Crippen LogP contribution >= 0.6 is 12.2 Å². The Bertz CT molecular complexity index is 1180. The van der Waals surface area contributed by atoms with Gasteiger partial charge in [0, 0.05) is 19.5 Å². The quantitative estimate of drug-likeness (QED) is 0.481. The Morgan fingerprint density at radius 1 is 1.17 bits per heavy atom. The predicted octanol–water partition coefficient (Wildman–Crippen LogP) is 2.86. The highest BCUT2D eigenvalue weighted by Crippen LogP contribution is 2.12. The van der Waals surface area contributed by atoms with E-state index in [-0.39, 0.29) is 29.2 Å². The minimum atomic E-state index is -0.499. The number of methoxy groups -OCH3 is 1. The third-order valence-electron chi connectivity index (χ3n) is 4.58. The van der Waals surface area contributed by atoms with Crippen molar-refractivity contribution in [3.63, 3.8) is 0 Å². The van der Waals surface area contributed by atoms with E-state index in [1.54, 1.807) is 6.07 Å². The largest absolute Gasteiger partial charge is 0.465 e. The zero-order valence-electron chi connectivity index (χ0n) is 16.2. The number of rotatable bonds is 6. The summed E-state index contributed by atoms with van der Waals surface area (Å²) in [5.74, 6) is -0.673. The maximum atomic E-state index is 12.8. The highest BCUT2D eigenvalue weighted by atomic mass is 32.1. The number of hydrogen-bond donors (Lipinski definition) is 2. The third-order valence-corrected chi connectivity index (χ3v) is 4.90. The molecule has 1 amide bonds. The van der Waals surface area contributed by atoms with E-state index < -0.39 is 5.97 Å². The van der Waals surface area contributed by atoms with E-state index in [1.807, 2.05) is 31.2 Å². The van der Waals surface area contributed by atoms with Gasteiger partial charge in [0.2, 0.25) is 5.91 Å². The van der Waals surface area contributed by atoms with Crippen LogP contribution < -0.4 is 10.9 Å². The molecule has 0 bridgehead atoms. The van der Waals surface area contributed by atoms with Gasteiger partial charge in [0.15, 0.2) is 4.77 Å². The minimum absolute atomic E-state index is 0.120. The number of aryl methyl sites for hydroxylation is 1. The van der Waals surface area contributed by atoms with Gasteiger partial charge in [-0.1, -0.05) is 29.8 Å². The molecule has 29 heavy (non-hydrogen) atoms. The molecule has 2 N–H and O–H groups in total. The van der Waals surface area contributed by atoms with Gasteiger partial charge in [-0.2, -0.15) is 0 Å². The van der Waals surface area contributed by atoms with Crippen LogP contribution in [0.5, 0.6) is 0 Å². The van der Waals surface area contributed by atoms with Gasteiger partial charge >= 0.3 is 5.97 Å². The summed E-state index contributed by atoms with van der Waals surface area (Å²) in [4.78, 5) is 39.5. The molecular formula is C21H21N3O4S. The molecule has 1 aromatic heterocycles. The number of aromatic nitrogens is 2. The van der Waals surface area contributed by atoms with Gasteiger partial charge in [0.05, 0.1) is 23.6 Å². The lowest BCUT2D eigenvalue weighted by atomic mass is 10.1. The lowest BCUT2D eigenvalue weighted by molar-refractivity contribution is -0.121. The van der Waals surface area contributed by atoms with Crippen molar-refractivity contribution in [3.05, 3.63) is 74.3 Å². The number of carbonyl (C=O) groups is 2. The predicted molar refractivity (Wildman–Crippen MR) is 112 cm³/mol. The second-order valence-corrected chi connectivity index (χ2v) is 7.04. The van der Waals surface area contributed by atoms with E-state index in [9.17, 15) is 14.4 Å². The molecule has 0 spiro atoms. The Hall–Kier alpha value is -3.26. The topological polar surface area (TPSA) is 93.2 Å². The molecule has 0 radical (unpaired) electrons. The molecule has 0 fully saturated rings. The summed E-state index contributed by atoms with van der Waals surface area (Å²) in [7, 11) is 1.29. The summed E-state index contributed by atoms with van der Waals surface area (Å²) in [6.07, 6.45) is 0.120. The Morgan fingerprint density at radius 3 is 2.59 bits per heavy atom. The number of esters is 1. The summed E-state index contributed by atoms with van der Waals surface area (Å²) in [5, 5.41) is 3.22. The third kappa shape index (κ3) is 4.78. The van der Waals surface area contributed by atoms with Crippen LogP contribution in [0.25, 0.3) is 10.9 Å². The fourth-order valence-corrected chi connectivity index (χ4v) is 3.19. The number of benzene rings is 2. The molecule has 150 valence electrons. The van der Waals surface area contributed by atoms with Crippen molar-refractivity contribution in [1.82, 2.24) is 14.9 Å². The highest BCUT2D eigenvalue weighted by molar-refractivity contribution is 7.71. The van der Waals surface area contributed by atoms with Crippen LogP contribution in [0, 0.1) is 11.7 Å². The number of nitrogens with one attached hydrogen (secondary N) is 2. The van der Waals surface area contributed by atoms with Gasteiger partial charge in [-0.3, -0.25) is 14.2 Å². The van der Waals surface area contributed by atoms with Crippen LogP contribution in [-0.2, 0) is 22.6 Å². The Labute approximate surface area is 172 Å². The number of nitrogens with zero attached hydrogens (tertiary/aromatic N) is 1. The van der Waals surface area contributed by atoms with E-state index in [1.165, 1.54) is 23.8 Å². The highest BCUT2D eigenvalue weighted by Gasteiger charge is 2.11. The second-order valence-electron chi connectivity index (χ2n) is 6.65. The molecule has 3 aromatic rings. The molecule has 0 aliphatic heterocycles. The molecule has 0 unspecified atom stereocenters. The summed E-state index contributed by atoms with van der Waals surface area (Å²) in [6, 6.07) is 12.5. The first-order chi connectivity index (χ1) is 13.9. The Morgan fingerprint density at radius 2 is 1.90 bits per heavy atom. The molecular weight excluding hydrogens is 390 g/mol. The van der Waals surface area contributed by atoms with Crippen molar-refractivity contribution in [2.75, 3.05) is 7.11 Å². The summed E-state index contributed by atoms with van der Waals surface area (Å²) in [5.41, 5.74) is 2.61. The summed E-state index contributed by atoms with van der Waals surface area (Å²) in [6.45, 7) is 2.58. The number of ether oxygens (including phenoxy) is 1. The summed E-state index contributed by atoms with van der Waals surface area (Å²) >= 11 is 5.27. The van der Waals surface area contributed by atoms with E-state index in [0.29, 0.717) is 23.0 Å². The number of aromatic amines is 1. The fourth-order valence-electron chi connectivity index (χ4n) is 2.91.